The van der Waals surface area contributed by atoms with Crippen molar-refractivity contribution in [1.82, 2.24) is 5.32 Å². The van der Waals surface area contributed by atoms with Gasteiger partial charge in [0.1, 0.15) is 0 Å². The van der Waals surface area contributed by atoms with Gasteiger partial charge in [0.25, 0.3) is 0 Å². The summed E-state index contributed by atoms with van der Waals surface area (Å²) >= 11 is 0. The third-order valence-electron chi connectivity index (χ3n) is 4.42. The van der Waals surface area contributed by atoms with Crippen molar-refractivity contribution in [1.29, 1.82) is 0 Å². The van der Waals surface area contributed by atoms with E-state index in [1.165, 1.54) is 25.0 Å². The predicted molar refractivity (Wildman–Crippen MR) is 68.0 cm³/mol. The van der Waals surface area contributed by atoms with E-state index < -0.39 is 11.7 Å². The maximum absolute atomic E-state index is 12.8. The fourth-order valence-corrected chi connectivity index (χ4v) is 2.82. The number of halogens is 3. The van der Waals surface area contributed by atoms with Crippen LogP contribution >= 0.6 is 0 Å². The van der Waals surface area contributed by atoms with Crippen LogP contribution in [0.25, 0.3) is 0 Å². The summed E-state index contributed by atoms with van der Waals surface area (Å²) in [5.41, 5.74) is 0.258. The van der Waals surface area contributed by atoms with E-state index in [0.29, 0.717) is 6.04 Å². The Morgan fingerprint density at radius 1 is 1.21 bits per heavy atom. The first kappa shape index (κ1) is 13.0. The minimum Gasteiger partial charge on any atom is -0.313 e. The highest BCUT2D eigenvalue weighted by Crippen LogP contribution is 2.45. The second-order valence-corrected chi connectivity index (χ2v) is 5.87. The molecule has 2 aliphatic carbocycles. The zero-order chi connectivity index (χ0) is 13.5. The normalized spacial score (nSPS) is 22.1. The minimum atomic E-state index is -4.25. The summed E-state index contributed by atoms with van der Waals surface area (Å²) in [5, 5.41) is 3.47. The lowest BCUT2D eigenvalue weighted by molar-refractivity contribution is -0.137. The molecule has 2 saturated carbocycles. The monoisotopic (exact) mass is 269 g/mol. The number of hydrogen-bond acceptors (Lipinski definition) is 1. The number of hydrogen-bond donors (Lipinski definition) is 1. The highest BCUT2D eigenvalue weighted by molar-refractivity contribution is 5.34. The Labute approximate surface area is 111 Å². The fraction of sp³-hybridized carbons (Fsp3) is 0.600. The van der Waals surface area contributed by atoms with Crippen LogP contribution in [0.3, 0.4) is 0 Å². The molecule has 0 radical (unpaired) electrons. The second kappa shape index (κ2) is 4.51. The summed E-state index contributed by atoms with van der Waals surface area (Å²) in [6, 6.07) is 6.49. The molecule has 4 heteroatoms. The summed E-state index contributed by atoms with van der Waals surface area (Å²) in [5.74, 6) is 0. The van der Waals surface area contributed by atoms with Crippen molar-refractivity contribution in [2.75, 3.05) is 6.54 Å². The summed E-state index contributed by atoms with van der Waals surface area (Å²) in [7, 11) is 0. The van der Waals surface area contributed by atoms with Crippen LogP contribution in [-0.4, -0.2) is 12.6 Å². The van der Waals surface area contributed by atoms with Gasteiger partial charge in [0, 0.05) is 18.0 Å². The molecule has 2 aliphatic rings. The molecule has 104 valence electrons. The molecule has 0 unspecified atom stereocenters. The van der Waals surface area contributed by atoms with Crippen LogP contribution in [0, 0.1) is 0 Å². The van der Waals surface area contributed by atoms with Gasteiger partial charge < -0.3 is 5.32 Å². The van der Waals surface area contributed by atoms with Crippen LogP contribution in [-0.2, 0) is 11.6 Å². The van der Waals surface area contributed by atoms with Crippen molar-refractivity contribution in [2.24, 2.45) is 0 Å². The second-order valence-electron chi connectivity index (χ2n) is 5.87. The molecule has 0 aromatic heterocycles. The molecule has 1 N–H and O–H groups in total. The van der Waals surface area contributed by atoms with Crippen molar-refractivity contribution >= 4 is 0 Å². The number of nitrogens with one attached hydrogen (secondary N) is 1. The van der Waals surface area contributed by atoms with Gasteiger partial charge >= 0.3 is 6.18 Å². The minimum absolute atomic E-state index is 0.0656. The maximum atomic E-state index is 12.8. The number of rotatable bonds is 4. The summed E-state index contributed by atoms with van der Waals surface area (Å²) in [4.78, 5) is 0. The molecule has 2 fully saturated rings. The molecule has 0 atom stereocenters. The predicted octanol–water partition coefficient (Wildman–Crippen LogP) is 3.88. The van der Waals surface area contributed by atoms with Crippen LogP contribution in [0.1, 0.15) is 43.2 Å². The third-order valence-corrected chi connectivity index (χ3v) is 4.42. The molecule has 0 aliphatic heterocycles. The average Bonchev–Trinajstić information content (AvgIpc) is 3.11. The standard InChI is InChI=1S/C15H18F3N/c16-15(17,18)12-4-1-3-11(9-12)14(7-2-8-14)10-19-13-5-6-13/h1,3-4,9,13,19H,2,5-8,10H2. The first-order valence-corrected chi connectivity index (χ1v) is 6.91. The molecular formula is C15H18F3N. The average molecular weight is 269 g/mol. The van der Waals surface area contributed by atoms with E-state index in [-0.39, 0.29) is 5.41 Å². The van der Waals surface area contributed by atoms with Gasteiger partial charge in [-0.2, -0.15) is 13.2 Å². The molecule has 19 heavy (non-hydrogen) atoms. The van der Waals surface area contributed by atoms with Crippen LogP contribution in [0.5, 0.6) is 0 Å². The molecule has 1 nitrogen and oxygen atoms in total. The Bertz CT molecular complexity index is 459. The third kappa shape index (κ3) is 2.64. The van der Waals surface area contributed by atoms with Gasteiger partial charge in [-0.15, -0.1) is 0 Å². The Balaban J connectivity index is 1.82. The van der Waals surface area contributed by atoms with Gasteiger partial charge in [-0.3, -0.25) is 0 Å². The summed E-state index contributed by atoms with van der Waals surface area (Å²) in [6.07, 6.45) is 1.27. The largest absolute Gasteiger partial charge is 0.416 e. The fourth-order valence-electron chi connectivity index (χ4n) is 2.82. The molecule has 0 spiro atoms. The molecule has 1 aromatic rings. The summed E-state index contributed by atoms with van der Waals surface area (Å²) < 4.78 is 38.4. The quantitative estimate of drug-likeness (QED) is 0.874. The van der Waals surface area contributed by atoms with Gasteiger partial charge in [0.15, 0.2) is 0 Å². The first-order valence-electron chi connectivity index (χ1n) is 6.91. The van der Waals surface area contributed by atoms with Crippen molar-refractivity contribution in [2.45, 2.75) is 49.7 Å². The zero-order valence-electron chi connectivity index (χ0n) is 10.8. The molecular weight excluding hydrogens is 251 g/mol. The van der Waals surface area contributed by atoms with E-state index in [4.69, 9.17) is 0 Å². The molecule has 0 heterocycles. The lowest BCUT2D eigenvalue weighted by atomic mass is 9.64. The van der Waals surface area contributed by atoms with E-state index in [9.17, 15) is 13.2 Å². The van der Waals surface area contributed by atoms with Crippen LogP contribution < -0.4 is 5.32 Å². The Hall–Kier alpha value is -1.03. The van der Waals surface area contributed by atoms with Crippen LogP contribution in [0.4, 0.5) is 13.2 Å². The van der Waals surface area contributed by atoms with E-state index in [1.54, 1.807) is 0 Å². The Morgan fingerprint density at radius 2 is 1.95 bits per heavy atom. The van der Waals surface area contributed by atoms with Gasteiger partial charge in [-0.25, -0.2) is 0 Å². The molecule has 0 bridgehead atoms. The van der Waals surface area contributed by atoms with E-state index in [1.807, 2.05) is 6.07 Å². The van der Waals surface area contributed by atoms with Crippen molar-refractivity contribution < 1.29 is 13.2 Å². The molecule has 1 aromatic carbocycles. The SMILES string of the molecule is FC(F)(F)c1cccc(C2(CNC3CC3)CCC2)c1. The highest BCUT2D eigenvalue weighted by Gasteiger charge is 2.41. The van der Waals surface area contributed by atoms with Crippen LogP contribution in [0.2, 0.25) is 0 Å². The lowest BCUT2D eigenvalue weighted by Crippen LogP contribution is -2.44. The Kier molecular flexibility index (Phi) is 3.08. The van der Waals surface area contributed by atoms with Gasteiger partial charge in [0.2, 0.25) is 0 Å². The molecule has 0 saturated heterocycles. The van der Waals surface area contributed by atoms with E-state index >= 15 is 0 Å². The molecule has 0 amide bonds. The summed E-state index contributed by atoms with van der Waals surface area (Å²) in [6.45, 7) is 0.818. The van der Waals surface area contributed by atoms with Gasteiger partial charge in [-0.1, -0.05) is 24.6 Å². The van der Waals surface area contributed by atoms with E-state index in [0.717, 1.165) is 37.4 Å². The lowest BCUT2D eigenvalue weighted by Gasteiger charge is -2.43. The van der Waals surface area contributed by atoms with Crippen molar-refractivity contribution in [3.63, 3.8) is 0 Å². The van der Waals surface area contributed by atoms with Gasteiger partial charge in [-0.05, 0) is 37.3 Å². The Morgan fingerprint density at radius 3 is 2.47 bits per heavy atom. The topological polar surface area (TPSA) is 12.0 Å². The smallest absolute Gasteiger partial charge is 0.313 e. The maximum Gasteiger partial charge on any atom is 0.416 e. The number of benzene rings is 1. The van der Waals surface area contributed by atoms with Gasteiger partial charge in [0.05, 0.1) is 5.56 Å². The number of alkyl halides is 3. The van der Waals surface area contributed by atoms with E-state index in [2.05, 4.69) is 5.32 Å². The first-order chi connectivity index (χ1) is 9.00. The van der Waals surface area contributed by atoms with Crippen molar-refractivity contribution in [3.05, 3.63) is 35.4 Å². The van der Waals surface area contributed by atoms with Crippen molar-refractivity contribution in [3.8, 4) is 0 Å². The highest BCUT2D eigenvalue weighted by atomic mass is 19.4. The van der Waals surface area contributed by atoms with Crippen LogP contribution in [0.15, 0.2) is 24.3 Å². The zero-order valence-corrected chi connectivity index (χ0v) is 10.8. The molecule has 3 rings (SSSR count).